The Kier molecular flexibility index (Phi) is 8.64. The third-order valence-corrected chi connectivity index (χ3v) is 12.4. The summed E-state index contributed by atoms with van der Waals surface area (Å²) in [6, 6.07) is 37.0. The maximum absolute atomic E-state index is 15.3. The van der Waals surface area contributed by atoms with Crippen LogP contribution in [0.2, 0.25) is 0 Å². The molecule has 2 N–H and O–H groups in total. The van der Waals surface area contributed by atoms with E-state index in [4.69, 9.17) is 4.74 Å². The van der Waals surface area contributed by atoms with Crippen LogP contribution in [0.4, 0.5) is 11.4 Å². The quantitative estimate of drug-likeness (QED) is 0.0971. The Morgan fingerprint density at radius 1 is 0.772 bits per heavy atom. The SMILES string of the molecule is COc1ccc([C@H]2C3=CC[C@@H]4C(=O)N(c5ccc(C(=O)c6ccccc6)cc5)C(=O)[C@@H]4[C@@H]3C[C@H]3C(=O)N(Nc4ccc(C)cc4)C(=O)[C@@]23c2ccccc2)cc1O. The Bertz CT molecular complexity index is 2480. The molecule has 2 aliphatic carbocycles. The number of methoxy groups -OCH3 is 1. The summed E-state index contributed by atoms with van der Waals surface area (Å²) < 4.78 is 5.39. The molecule has 0 radical (unpaired) electrons. The molecule has 2 aliphatic heterocycles. The van der Waals surface area contributed by atoms with Gasteiger partial charge in [-0.1, -0.05) is 96.1 Å². The lowest BCUT2D eigenvalue weighted by molar-refractivity contribution is -0.138. The lowest BCUT2D eigenvalue weighted by Crippen LogP contribution is -2.53. The highest BCUT2D eigenvalue weighted by atomic mass is 16.5. The van der Waals surface area contributed by atoms with E-state index < -0.39 is 52.7 Å². The Hall–Kier alpha value is -6.81. The van der Waals surface area contributed by atoms with Crippen molar-refractivity contribution in [1.29, 1.82) is 0 Å². The fraction of sp³-hybridized carbons (Fsp3) is 0.213. The minimum atomic E-state index is -1.47. The third-order valence-electron chi connectivity index (χ3n) is 12.4. The number of imide groups is 2. The van der Waals surface area contributed by atoms with Crippen LogP contribution in [0.15, 0.2) is 139 Å². The van der Waals surface area contributed by atoms with Gasteiger partial charge < -0.3 is 9.84 Å². The molecule has 0 spiro atoms. The highest BCUT2D eigenvalue weighted by molar-refractivity contribution is 6.23. The van der Waals surface area contributed by atoms with Crippen molar-refractivity contribution in [3.05, 3.63) is 167 Å². The van der Waals surface area contributed by atoms with Crippen molar-refractivity contribution in [3.8, 4) is 11.5 Å². The summed E-state index contributed by atoms with van der Waals surface area (Å²) in [5.41, 5.74) is 6.49. The molecular weight excluding hydrogens is 719 g/mol. The number of nitrogens with zero attached hydrogens (tertiary/aromatic N) is 2. The number of aromatic hydroxyl groups is 1. The number of allylic oxidation sites excluding steroid dienone is 2. The molecule has 1 saturated carbocycles. The summed E-state index contributed by atoms with van der Waals surface area (Å²) in [7, 11) is 1.45. The predicted octanol–water partition coefficient (Wildman–Crippen LogP) is 7.13. The Morgan fingerprint density at radius 2 is 1.44 bits per heavy atom. The van der Waals surface area contributed by atoms with Gasteiger partial charge in [0.05, 0.1) is 41.7 Å². The van der Waals surface area contributed by atoms with E-state index in [2.05, 4.69) is 5.43 Å². The van der Waals surface area contributed by atoms with Crippen molar-refractivity contribution < 1.29 is 33.8 Å². The Labute approximate surface area is 329 Å². The molecule has 5 aromatic carbocycles. The molecule has 0 unspecified atom stereocenters. The molecule has 4 aliphatic rings. The molecule has 4 amide bonds. The molecule has 3 fully saturated rings. The second-order valence-corrected chi connectivity index (χ2v) is 15.3. The zero-order chi connectivity index (χ0) is 39.6. The number of hydrogen-bond donors (Lipinski definition) is 2. The van der Waals surface area contributed by atoms with Gasteiger partial charge >= 0.3 is 0 Å². The van der Waals surface area contributed by atoms with Gasteiger partial charge in [0, 0.05) is 17.0 Å². The van der Waals surface area contributed by atoms with Gasteiger partial charge in [0.25, 0.3) is 11.8 Å². The van der Waals surface area contributed by atoms with Gasteiger partial charge in [-0.15, -0.1) is 0 Å². The van der Waals surface area contributed by atoms with Crippen LogP contribution in [0.25, 0.3) is 0 Å². The average molecular weight is 758 g/mol. The number of phenols is 1. The average Bonchev–Trinajstić information content (AvgIpc) is 3.62. The van der Waals surface area contributed by atoms with Crippen molar-refractivity contribution in [3.63, 3.8) is 0 Å². The summed E-state index contributed by atoms with van der Waals surface area (Å²) >= 11 is 0. The van der Waals surface area contributed by atoms with E-state index in [1.165, 1.54) is 12.0 Å². The first kappa shape index (κ1) is 35.9. The number of phenolic OH excluding ortho intramolecular Hbond substituents is 1. The number of rotatable bonds is 8. The van der Waals surface area contributed by atoms with Crippen molar-refractivity contribution >= 4 is 40.8 Å². The lowest BCUT2D eigenvalue weighted by Gasteiger charge is -2.50. The van der Waals surface area contributed by atoms with Crippen LogP contribution in [-0.4, -0.2) is 46.6 Å². The van der Waals surface area contributed by atoms with Gasteiger partial charge in [0.1, 0.15) is 0 Å². The zero-order valence-corrected chi connectivity index (χ0v) is 31.3. The number of hydrogen-bond acceptors (Lipinski definition) is 8. The van der Waals surface area contributed by atoms with E-state index in [-0.39, 0.29) is 36.0 Å². The number of carbonyl (C=O) groups is 5. The summed E-state index contributed by atoms with van der Waals surface area (Å²) in [4.78, 5) is 73.6. The molecule has 6 atom stereocenters. The number of benzene rings is 5. The molecule has 9 rings (SSSR count). The molecule has 0 bridgehead atoms. The Balaban J connectivity index is 1.15. The van der Waals surface area contributed by atoms with E-state index >= 15 is 4.79 Å². The second-order valence-electron chi connectivity index (χ2n) is 15.3. The highest BCUT2D eigenvalue weighted by Gasteiger charge is 2.70. The number of hydrazine groups is 1. The zero-order valence-electron chi connectivity index (χ0n) is 31.3. The number of fused-ring (bicyclic) bond motifs is 4. The number of amides is 4. The van der Waals surface area contributed by atoms with Crippen LogP contribution in [0.1, 0.15) is 51.4 Å². The molecule has 10 nitrogen and oxygen atoms in total. The van der Waals surface area contributed by atoms with Crippen molar-refractivity contribution in [2.24, 2.45) is 23.7 Å². The first-order valence-corrected chi connectivity index (χ1v) is 19.0. The summed E-state index contributed by atoms with van der Waals surface area (Å²) in [5, 5.41) is 12.3. The monoisotopic (exact) mass is 757 g/mol. The standard InChI is InChI=1S/C47H39N3O7/c1-27-13-18-32(19-14-27)48-50-44(54)37-26-36-34(41(30-17-24-39(57-2)38(51)25-30)47(37,46(50)56)31-11-7-4-8-12-31)22-23-35-40(36)45(55)49(43(35)53)33-20-15-29(16-21-33)42(52)28-9-5-3-6-10-28/h3-22,24-25,35-37,40-41,48,51H,23,26H2,1-2H3/t35-,36+,37-,40-,41-,47+/m0/s1. The van der Waals surface area contributed by atoms with Crippen LogP contribution >= 0.6 is 0 Å². The minimum absolute atomic E-state index is 0.133. The third kappa shape index (κ3) is 5.50. The fourth-order valence-electron chi connectivity index (χ4n) is 9.78. The van der Waals surface area contributed by atoms with Crippen LogP contribution < -0.4 is 15.1 Å². The normalized spacial score (nSPS) is 25.1. The van der Waals surface area contributed by atoms with Crippen LogP contribution in [0.3, 0.4) is 0 Å². The predicted molar refractivity (Wildman–Crippen MR) is 212 cm³/mol. The lowest BCUT2D eigenvalue weighted by atomic mass is 9.49. The summed E-state index contributed by atoms with van der Waals surface area (Å²) in [6.07, 6.45) is 2.35. The molecule has 2 saturated heterocycles. The van der Waals surface area contributed by atoms with E-state index in [9.17, 15) is 24.3 Å². The van der Waals surface area contributed by atoms with E-state index in [0.29, 0.717) is 33.6 Å². The maximum Gasteiger partial charge on any atom is 0.260 e. The number of ether oxygens (including phenoxy) is 1. The van der Waals surface area contributed by atoms with Crippen molar-refractivity contribution in [2.75, 3.05) is 17.4 Å². The molecule has 10 heteroatoms. The van der Waals surface area contributed by atoms with E-state index in [1.54, 1.807) is 78.9 Å². The number of nitrogens with one attached hydrogen (secondary N) is 1. The first-order chi connectivity index (χ1) is 27.6. The molecule has 284 valence electrons. The van der Waals surface area contributed by atoms with Crippen molar-refractivity contribution in [1.82, 2.24) is 5.01 Å². The summed E-state index contributed by atoms with van der Waals surface area (Å²) in [6.45, 7) is 1.95. The van der Waals surface area contributed by atoms with Gasteiger partial charge in [-0.2, -0.15) is 5.01 Å². The molecule has 0 aromatic heterocycles. The smallest absolute Gasteiger partial charge is 0.260 e. The van der Waals surface area contributed by atoms with E-state index in [0.717, 1.165) is 16.1 Å². The van der Waals surface area contributed by atoms with Crippen LogP contribution in [0.5, 0.6) is 11.5 Å². The topological polar surface area (TPSA) is 133 Å². The fourth-order valence-corrected chi connectivity index (χ4v) is 9.78. The first-order valence-electron chi connectivity index (χ1n) is 19.0. The molecular formula is C47H39N3O7. The molecule has 57 heavy (non-hydrogen) atoms. The second kappa shape index (κ2) is 13.7. The maximum atomic E-state index is 15.3. The number of ketones is 1. The van der Waals surface area contributed by atoms with Gasteiger partial charge in [-0.3, -0.25) is 34.3 Å². The van der Waals surface area contributed by atoms with Gasteiger partial charge in [0.15, 0.2) is 17.3 Å². The van der Waals surface area contributed by atoms with Crippen molar-refractivity contribution in [2.45, 2.75) is 31.1 Å². The largest absolute Gasteiger partial charge is 0.504 e. The van der Waals surface area contributed by atoms with E-state index in [1.807, 2.05) is 61.5 Å². The van der Waals surface area contributed by atoms with Gasteiger partial charge in [0.2, 0.25) is 11.8 Å². The van der Waals surface area contributed by atoms with Gasteiger partial charge in [-0.05, 0) is 85.3 Å². The van der Waals surface area contributed by atoms with Crippen LogP contribution in [-0.2, 0) is 24.6 Å². The number of anilines is 2. The minimum Gasteiger partial charge on any atom is -0.504 e. The molecule has 5 aromatic rings. The highest BCUT2D eigenvalue weighted by Crippen LogP contribution is 2.64. The molecule has 2 heterocycles. The van der Waals surface area contributed by atoms with Gasteiger partial charge in [-0.25, -0.2) is 0 Å². The van der Waals surface area contributed by atoms with Crippen LogP contribution in [0, 0.1) is 30.6 Å². The number of aryl methyl sites for hydroxylation is 1. The summed E-state index contributed by atoms with van der Waals surface area (Å²) in [5.74, 6) is -5.54. The number of carbonyl (C=O) groups excluding carboxylic acids is 5. The Morgan fingerprint density at radius 3 is 2.11 bits per heavy atom.